The molecule has 1 heterocycles. The molecular formula is C9H15N3O2. The minimum atomic E-state index is -0.454. The predicted molar refractivity (Wildman–Crippen MR) is 54.3 cm³/mol. The summed E-state index contributed by atoms with van der Waals surface area (Å²) in [6.07, 6.45) is 2.21. The van der Waals surface area contributed by atoms with E-state index >= 15 is 0 Å². The predicted octanol–water partition coefficient (Wildman–Crippen LogP) is -0.0471. The van der Waals surface area contributed by atoms with E-state index < -0.39 is 5.69 Å². The van der Waals surface area contributed by atoms with Crippen molar-refractivity contribution >= 4 is 0 Å². The Morgan fingerprint density at radius 2 is 2.14 bits per heavy atom. The lowest BCUT2D eigenvalue weighted by molar-refractivity contribution is 0.630. The van der Waals surface area contributed by atoms with Crippen molar-refractivity contribution in [2.24, 2.45) is 0 Å². The van der Waals surface area contributed by atoms with Gasteiger partial charge in [0.2, 0.25) is 0 Å². The van der Waals surface area contributed by atoms with Crippen LogP contribution < -0.4 is 16.6 Å². The van der Waals surface area contributed by atoms with Crippen LogP contribution in [0, 0.1) is 0 Å². The fraction of sp³-hybridized carbons (Fsp3) is 0.556. The molecule has 0 spiro atoms. The summed E-state index contributed by atoms with van der Waals surface area (Å²) in [5, 5.41) is 3.13. The van der Waals surface area contributed by atoms with Crippen LogP contribution >= 0.6 is 0 Å². The van der Waals surface area contributed by atoms with Crippen LogP contribution in [0.5, 0.6) is 0 Å². The third-order valence-corrected chi connectivity index (χ3v) is 1.84. The van der Waals surface area contributed by atoms with E-state index in [0.717, 1.165) is 19.4 Å². The summed E-state index contributed by atoms with van der Waals surface area (Å²) < 4.78 is 0. The van der Waals surface area contributed by atoms with Gasteiger partial charge in [0.15, 0.2) is 0 Å². The van der Waals surface area contributed by atoms with Gasteiger partial charge in [-0.25, -0.2) is 4.79 Å². The van der Waals surface area contributed by atoms with E-state index in [1.807, 2.05) is 0 Å². The third kappa shape index (κ3) is 3.57. The second kappa shape index (κ2) is 5.39. The first-order chi connectivity index (χ1) is 6.72. The zero-order chi connectivity index (χ0) is 10.4. The number of H-pyrrole nitrogens is 2. The quantitative estimate of drug-likeness (QED) is 0.579. The second-order valence-corrected chi connectivity index (χ2v) is 3.14. The van der Waals surface area contributed by atoms with E-state index in [1.54, 1.807) is 0 Å². The Labute approximate surface area is 81.6 Å². The van der Waals surface area contributed by atoms with Gasteiger partial charge in [-0.3, -0.25) is 9.78 Å². The first kappa shape index (κ1) is 10.7. The molecule has 0 fully saturated rings. The number of aromatic nitrogens is 2. The van der Waals surface area contributed by atoms with Crippen molar-refractivity contribution in [3.8, 4) is 0 Å². The van der Waals surface area contributed by atoms with Gasteiger partial charge in [0.05, 0.1) is 0 Å². The summed E-state index contributed by atoms with van der Waals surface area (Å²) in [7, 11) is 0. The first-order valence-corrected chi connectivity index (χ1v) is 4.75. The molecule has 1 rings (SSSR count). The lowest BCUT2D eigenvalue weighted by atomic mass is 10.3. The highest BCUT2D eigenvalue weighted by Crippen LogP contribution is 1.86. The van der Waals surface area contributed by atoms with Crippen molar-refractivity contribution in [3.63, 3.8) is 0 Å². The lowest BCUT2D eigenvalue weighted by Crippen LogP contribution is -2.26. The number of aromatic amines is 2. The molecule has 5 nitrogen and oxygen atoms in total. The van der Waals surface area contributed by atoms with Gasteiger partial charge in [0.1, 0.15) is 0 Å². The summed E-state index contributed by atoms with van der Waals surface area (Å²) in [5.74, 6) is 0. The molecule has 0 unspecified atom stereocenters. The van der Waals surface area contributed by atoms with Crippen LogP contribution in [-0.2, 0) is 6.54 Å². The Balaban J connectivity index is 2.51. The van der Waals surface area contributed by atoms with Gasteiger partial charge < -0.3 is 10.3 Å². The van der Waals surface area contributed by atoms with Gasteiger partial charge >= 0.3 is 5.69 Å². The van der Waals surface area contributed by atoms with E-state index in [-0.39, 0.29) is 5.56 Å². The molecule has 0 bridgehead atoms. The number of hydrogen-bond acceptors (Lipinski definition) is 3. The van der Waals surface area contributed by atoms with Crippen LogP contribution in [0.3, 0.4) is 0 Å². The standard InChI is InChI=1S/C9H15N3O2/c1-2-3-4-10-6-7-5-8(13)12-9(14)11-7/h5,10H,2-4,6H2,1H3,(H2,11,12,13,14). The zero-order valence-electron chi connectivity index (χ0n) is 8.22. The molecule has 1 aromatic rings. The molecular weight excluding hydrogens is 182 g/mol. The van der Waals surface area contributed by atoms with Crippen LogP contribution in [0.25, 0.3) is 0 Å². The molecule has 0 aliphatic carbocycles. The van der Waals surface area contributed by atoms with E-state index in [9.17, 15) is 9.59 Å². The Bertz CT molecular complexity index is 352. The summed E-state index contributed by atoms with van der Waals surface area (Å²) in [5.41, 5.74) is -0.194. The smallest absolute Gasteiger partial charge is 0.311 e. The highest BCUT2D eigenvalue weighted by atomic mass is 16.2. The Hall–Kier alpha value is -1.36. The molecule has 78 valence electrons. The monoisotopic (exact) mass is 197 g/mol. The third-order valence-electron chi connectivity index (χ3n) is 1.84. The van der Waals surface area contributed by atoms with Gasteiger partial charge in [0, 0.05) is 18.3 Å². The average molecular weight is 197 g/mol. The van der Waals surface area contributed by atoms with Crippen LogP contribution in [0.1, 0.15) is 25.5 Å². The van der Waals surface area contributed by atoms with Gasteiger partial charge in [-0.2, -0.15) is 0 Å². The normalized spacial score (nSPS) is 10.4. The zero-order valence-corrected chi connectivity index (χ0v) is 8.22. The maximum atomic E-state index is 10.9. The number of rotatable bonds is 5. The van der Waals surface area contributed by atoms with Gasteiger partial charge in [-0.1, -0.05) is 13.3 Å². The fourth-order valence-corrected chi connectivity index (χ4v) is 1.14. The average Bonchev–Trinajstić information content (AvgIpc) is 2.11. The van der Waals surface area contributed by atoms with Crippen molar-refractivity contribution < 1.29 is 0 Å². The lowest BCUT2D eigenvalue weighted by Gasteiger charge is -2.02. The maximum absolute atomic E-state index is 10.9. The molecule has 0 atom stereocenters. The molecule has 0 saturated carbocycles. The molecule has 0 amide bonds. The van der Waals surface area contributed by atoms with E-state index in [2.05, 4.69) is 22.2 Å². The summed E-state index contributed by atoms with van der Waals surface area (Å²) in [6, 6.07) is 1.39. The SMILES string of the molecule is CCCCNCc1cc(=O)[nH]c(=O)[nH]1. The summed E-state index contributed by atoms with van der Waals surface area (Å²) >= 11 is 0. The van der Waals surface area contributed by atoms with Crippen LogP contribution in [0.4, 0.5) is 0 Å². The molecule has 5 heteroatoms. The van der Waals surface area contributed by atoms with E-state index in [4.69, 9.17) is 0 Å². The molecule has 1 aromatic heterocycles. The molecule has 0 aliphatic rings. The molecule has 0 aromatic carbocycles. The van der Waals surface area contributed by atoms with Crippen molar-refractivity contribution in [1.82, 2.24) is 15.3 Å². The number of hydrogen-bond donors (Lipinski definition) is 3. The Kier molecular flexibility index (Phi) is 4.12. The minimum Gasteiger partial charge on any atom is -0.311 e. The second-order valence-electron chi connectivity index (χ2n) is 3.14. The Morgan fingerprint density at radius 1 is 1.36 bits per heavy atom. The fourth-order valence-electron chi connectivity index (χ4n) is 1.14. The van der Waals surface area contributed by atoms with Gasteiger partial charge in [-0.15, -0.1) is 0 Å². The summed E-state index contributed by atoms with van der Waals surface area (Å²) in [4.78, 5) is 26.4. The summed E-state index contributed by atoms with van der Waals surface area (Å²) in [6.45, 7) is 3.53. The number of nitrogens with one attached hydrogen (secondary N) is 3. The number of unbranched alkanes of at least 4 members (excludes halogenated alkanes) is 1. The maximum Gasteiger partial charge on any atom is 0.325 e. The van der Waals surface area contributed by atoms with Crippen molar-refractivity contribution in [3.05, 3.63) is 32.6 Å². The van der Waals surface area contributed by atoms with Crippen LogP contribution in [0.2, 0.25) is 0 Å². The van der Waals surface area contributed by atoms with E-state index in [1.165, 1.54) is 6.07 Å². The topological polar surface area (TPSA) is 77.8 Å². The highest BCUT2D eigenvalue weighted by Gasteiger charge is 1.95. The van der Waals surface area contributed by atoms with Gasteiger partial charge in [-0.05, 0) is 13.0 Å². The molecule has 3 N–H and O–H groups in total. The first-order valence-electron chi connectivity index (χ1n) is 4.75. The molecule has 14 heavy (non-hydrogen) atoms. The largest absolute Gasteiger partial charge is 0.325 e. The van der Waals surface area contributed by atoms with Crippen molar-refractivity contribution in [1.29, 1.82) is 0 Å². The van der Waals surface area contributed by atoms with E-state index in [0.29, 0.717) is 12.2 Å². The van der Waals surface area contributed by atoms with Crippen LogP contribution in [-0.4, -0.2) is 16.5 Å². The van der Waals surface area contributed by atoms with Crippen molar-refractivity contribution in [2.45, 2.75) is 26.3 Å². The van der Waals surface area contributed by atoms with Crippen molar-refractivity contribution in [2.75, 3.05) is 6.54 Å². The Morgan fingerprint density at radius 3 is 2.79 bits per heavy atom. The molecule has 0 aliphatic heterocycles. The van der Waals surface area contributed by atoms with Crippen LogP contribution in [0.15, 0.2) is 15.7 Å². The van der Waals surface area contributed by atoms with Gasteiger partial charge in [0.25, 0.3) is 5.56 Å². The molecule has 0 saturated heterocycles. The minimum absolute atomic E-state index is 0.360. The molecule has 0 radical (unpaired) electrons. The highest BCUT2D eigenvalue weighted by molar-refractivity contribution is 4.97.